The van der Waals surface area contributed by atoms with Crippen LogP contribution in [0, 0.1) is 5.82 Å². The molecule has 2 aliphatic rings. The van der Waals surface area contributed by atoms with E-state index >= 15 is 0 Å². The van der Waals surface area contributed by atoms with Crippen molar-refractivity contribution in [3.8, 4) is 11.1 Å². The quantitative estimate of drug-likeness (QED) is 0.911. The molecule has 1 aromatic heterocycles. The third-order valence-electron chi connectivity index (χ3n) is 4.69. The average molecular weight is 357 g/mol. The van der Waals surface area contributed by atoms with Gasteiger partial charge in [0.15, 0.2) is 6.61 Å². The van der Waals surface area contributed by atoms with Crippen LogP contribution in [0.4, 0.5) is 9.18 Å². The molecular formula is C18H16FN3O4. The largest absolute Gasteiger partial charge is 0.439 e. The van der Waals surface area contributed by atoms with Crippen LogP contribution in [0.1, 0.15) is 16.9 Å². The summed E-state index contributed by atoms with van der Waals surface area (Å²) in [5, 5.41) is 0. The topological polar surface area (TPSA) is 82.7 Å². The summed E-state index contributed by atoms with van der Waals surface area (Å²) in [5.74, 6) is -0.896. The highest BCUT2D eigenvalue weighted by atomic mass is 19.1. The summed E-state index contributed by atoms with van der Waals surface area (Å²) in [7, 11) is 0. The highest BCUT2D eigenvalue weighted by Crippen LogP contribution is 2.24. The molecule has 0 spiro atoms. The van der Waals surface area contributed by atoms with Crippen LogP contribution in [-0.4, -0.2) is 58.4 Å². The molecule has 0 radical (unpaired) electrons. The molecule has 2 fully saturated rings. The van der Waals surface area contributed by atoms with Crippen LogP contribution >= 0.6 is 0 Å². The van der Waals surface area contributed by atoms with Crippen molar-refractivity contribution >= 4 is 17.9 Å². The van der Waals surface area contributed by atoms with Crippen molar-refractivity contribution in [1.82, 2.24) is 14.8 Å². The minimum absolute atomic E-state index is 0.208. The molecular weight excluding hydrogens is 341 g/mol. The first-order valence-electron chi connectivity index (χ1n) is 8.25. The van der Waals surface area contributed by atoms with Crippen LogP contribution in [-0.2, 0) is 9.53 Å². The van der Waals surface area contributed by atoms with Crippen LogP contribution in [0.5, 0.6) is 0 Å². The number of cyclic esters (lactones) is 1. The van der Waals surface area contributed by atoms with E-state index in [1.807, 2.05) is 0 Å². The highest BCUT2D eigenvalue weighted by molar-refractivity contribution is 5.98. The molecule has 2 aromatic rings. The monoisotopic (exact) mass is 357 g/mol. The Hall–Kier alpha value is -3.16. The van der Waals surface area contributed by atoms with Gasteiger partial charge < -0.3 is 14.6 Å². The lowest BCUT2D eigenvalue weighted by molar-refractivity contribution is -0.127. The van der Waals surface area contributed by atoms with E-state index in [4.69, 9.17) is 4.74 Å². The first-order valence-corrected chi connectivity index (χ1v) is 8.25. The number of aromatic amines is 1. The van der Waals surface area contributed by atoms with Gasteiger partial charge in [0.05, 0.1) is 6.04 Å². The van der Waals surface area contributed by atoms with Crippen molar-refractivity contribution in [2.75, 3.05) is 19.7 Å². The highest BCUT2D eigenvalue weighted by Gasteiger charge is 2.41. The van der Waals surface area contributed by atoms with Gasteiger partial charge in [0.1, 0.15) is 11.5 Å². The number of nitrogens with one attached hydrogen (secondary N) is 1. The second kappa shape index (κ2) is 6.29. The van der Waals surface area contributed by atoms with E-state index in [9.17, 15) is 18.8 Å². The maximum atomic E-state index is 13.0. The van der Waals surface area contributed by atoms with Gasteiger partial charge in [-0.05, 0) is 35.7 Å². The fraction of sp³-hybridized carbons (Fsp3) is 0.278. The number of carbonyl (C=O) groups is 3. The number of aromatic nitrogens is 1. The van der Waals surface area contributed by atoms with Crippen molar-refractivity contribution in [1.29, 1.82) is 0 Å². The average Bonchev–Trinajstić information content (AvgIpc) is 3.35. The third-order valence-corrected chi connectivity index (χ3v) is 4.69. The summed E-state index contributed by atoms with van der Waals surface area (Å²) in [6, 6.07) is 7.36. The molecule has 26 heavy (non-hydrogen) atoms. The number of carbonyl (C=O) groups excluding carboxylic acids is 3. The molecule has 3 amide bonds. The molecule has 2 aliphatic heterocycles. The summed E-state index contributed by atoms with van der Waals surface area (Å²) in [6.07, 6.45) is 1.57. The molecule has 1 atom stereocenters. The molecule has 134 valence electrons. The molecule has 0 aliphatic carbocycles. The number of amides is 3. The van der Waals surface area contributed by atoms with Gasteiger partial charge in [-0.3, -0.25) is 9.59 Å². The summed E-state index contributed by atoms with van der Waals surface area (Å²) in [6.45, 7) is 0.497. The molecule has 1 aromatic carbocycles. The van der Waals surface area contributed by atoms with Gasteiger partial charge in [-0.2, -0.15) is 0 Å². The lowest BCUT2D eigenvalue weighted by Crippen LogP contribution is -2.42. The van der Waals surface area contributed by atoms with Crippen LogP contribution in [0.15, 0.2) is 36.5 Å². The van der Waals surface area contributed by atoms with Gasteiger partial charge in [-0.15, -0.1) is 0 Å². The molecule has 1 unspecified atom stereocenters. The molecule has 1 N–H and O–H groups in total. The lowest BCUT2D eigenvalue weighted by Gasteiger charge is -2.20. The number of ether oxygens (including phenoxy) is 1. The van der Waals surface area contributed by atoms with Crippen molar-refractivity contribution in [2.24, 2.45) is 0 Å². The van der Waals surface area contributed by atoms with E-state index in [2.05, 4.69) is 4.98 Å². The van der Waals surface area contributed by atoms with Crippen LogP contribution in [0.2, 0.25) is 0 Å². The first-order chi connectivity index (χ1) is 12.5. The number of H-pyrrole nitrogens is 1. The van der Waals surface area contributed by atoms with Crippen molar-refractivity contribution in [3.05, 3.63) is 48.0 Å². The molecule has 7 nitrogen and oxygen atoms in total. The van der Waals surface area contributed by atoms with Gasteiger partial charge in [-0.1, -0.05) is 12.1 Å². The Bertz CT molecular complexity index is 861. The van der Waals surface area contributed by atoms with Gasteiger partial charge in [0.25, 0.3) is 11.8 Å². The van der Waals surface area contributed by atoms with Crippen LogP contribution in [0.25, 0.3) is 11.1 Å². The number of nitrogens with zero attached hydrogens (tertiary/aromatic N) is 2. The molecule has 0 saturated carbocycles. The first kappa shape index (κ1) is 16.3. The third kappa shape index (κ3) is 2.83. The maximum Gasteiger partial charge on any atom is 0.417 e. The SMILES string of the molecule is O=C(c1cc(-c2ccc(F)cc2)c[nH]1)N1CCC(N2C(=O)COC2=O)C1. The zero-order valence-electron chi connectivity index (χ0n) is 13.8. The lowest BCUT2D eigenvalue weighted by atomic mass is 10.1. The Morgan fingerprint density at radius 1 is 1.19 bits per heavy atom. The number of likely N-dealkylation sites (tertiary alicyclic amines) is 1. The van der Waals surface area contributed by atoms with Crippen LogP contribution in [0.3, 0.4) is 0 Å². The predicted octanol–water partition coefficient (Wildman–Crippen LogP) is 2.01. The Kier molecular flexibility index (Phi) is 3.95. The van der Waals surface area contributed by atoms with E-state index in [-0.39, 0.29) is 36.8 Å². The Morgan fingerprint density at radius 2 is 1.96 bits per heavy atom. The van der Waals surface area contributed by atoms with E-state index in [0.717, 1.165) is 16.0 Å². The van der Waals surface area contributed by atoms with E-state index in [0.29, 0.717) is 18.7 Å². The van der Waals surface area contributed by atoms with Crippen molar-refractivity contribution in [3.63, 3.8) is 0 Å². The Labute approximate surface area is 148 Å². The molecule has 8 heteroatoms. The molecule has 0 bridgehead atoms. The van der Waals surface area contributed by atoms with E-state index in [1.165, 1.54) is 12.1 Å². The minimum Gasteiger partial charge on any atom is -0.439 e. The maximum absolute atomic E-state index is 13.0. The zero-order valence-corrected chi connectivity index (χ0v) is 13.8. The Balaban J connectivity index is 1.46. The van der Waals surface area contributed by atoms with Gasteiger partial charge in [-0.25, -0.2) is 14.1 Å². The summed E-state index contributed by atoms with van der Waals surface area (Å²) in [4.78, 5) is 41.7. The number of benzene rings is 1. The second-order valence-corrected chi connectivity index (χ2v) is 6.32. The Morgan fingerprint density at radius 3 is 2.65 bits per heavy atom. The summed E-state index contributed by atoms with van der Waals surface area (Å²) < 4.78 is 17.8. The van der Waals surface area contributed by atoms with Crippen molar-refractivity contribution in [2.45, 2.75) is 12.5 Å². The predicted molar refractivity (Wildman–Crippen MR) is 88.7 cm³/mol. The minimum atomic E-state index is -0.646. The normalized spacial score (nSPS) is 20.0. The van der Waals surface area contributed by atoms with Gasteiger partial charge >= 0.3 is 6.09 Å². The second-order valence-electron chi connectivity index (χ2n) is 6.32. The number of hydrogen-bond acceptors (Lipinski definition) is 4. The molecule has 4 rings (SSSR count). The summed E-state index contributed by atoms with van der Waals surface area (Å²) >= 11 is 0. The standard InChI is InChI=1S/C18H16FN3O4/c19-13-3-1-11(2-4-13)12-7-15(20-8-12)17(24)21-6-5-14(9-21)22-16(23)10-26-18(22)25/h1-4,7-8,14,20H,5-6,9-10H2. The number of halogens is 1. The van der Waals surface area contributed by atoms with Gasteiger partial charge in [0.2, 0.25) is 0 Å². The molecule has 3 heterocycles. The fourth-order valence-corrected chi connectivity index (χ4v) is 3.35. The van der Waals surface area contributed by atoms with E-state index < -0.39 is 6.09 Å². The smallest absolute Gasteiger partial charge is 0.417 e. The number of imide groups is 1. The number of hydrogen-bond donors (Lipinski definition) is 1. The number of rotatable bonds is 3. The molecule has 2 saturated heterocycles. The van der Waals surface area contributed by atoms with Crippen LogP contribution < -0.4 is 0 Å². The van der Waals surface area contributed by atoms with Crippen molar-refractivity contribution < 1.29 is 23.5 Å². The van der Waals surface area contributed by atoms with E-state index in [1.54, 1.807) is 29.3 Å². The fourth-order valence-electron chi connectivity index (χ4n) is 3.35. The zero-order chi connectivity index (χ0) is 18.3. The van der Waals surface area contributed by atoms with Gasteiger partial charge in [0, 0.05) is 19.3 Å². The summed E-state index contributed by atoms with van der Waals surface area (Å²) in [5.41, 5.74) is 1.98.